The summed E-state index contributed by atoms with van der Waals surface area (Å²) in [4.78, 5) is 28.2. The summed E-state index contributed by atoms with van der Waals surface area (Å²) < 4.78 is 5.38. The summed E-state index contributed by atoms with van der Waals surface area (Å²) in [5, 5.41) is 14.5. The number of nitrogens with zero attached hydrogens (tertiary/aromatic N) is 1. The van der Waals surface area contributed by atoms with Crippen LogP contribution in [0, 0.1) is 24.7 Å². The fraction of sp³-hybridized carbons (Fsp3) is 0.450. The maximum atomic E-state index is 12.9. The van der Waals surface area contributed by atoms with Gasteiger partial charge in [0, 0.05) is 11.3 Å². The van der Waals surface area contributed by atoms with Crippen LogP contribution in [0.2, 0.25) is 0 Å². The van der Waals surface area contributed by atoms with Crippen molar-refractivity contribution in [1.29, 1.82) is 0 Å². The molecule has 2 aromatic rings. The number of benzene rings is 1. The Balaban J connectivity index is 1.48. The van der Waals surface area contributed by atoms with E-state index in [4.69, 9.17) is 4.42 Å². The first-order valence-electron chi connectivity index (χ1n) is 9.34. The van der Waals surface area contributed by atoms with E-state index in [1.165, 1.54) is 6.39 Å². The number of rotatable bonds is 7. The molecule has 1 aromatic heterocycles. The van der Waals surface area contributed by atoms with Crippen molar-refractivity contribution in [3.8, 4) is 11.3 Å². The van der Waals surface area contributed by atoms with Crippen LogP contribution in [0.5, 0.6) is 0 Å². The molecule has 2 aliphatic rings. The minimum absolute atomic E-state index is 0.0946. The normalized spacial score (nSPS) is 17.6. The summed E-state index contributed by atoms with van der Waals surface area (Å²) in [6, 6.07) is 6.56. The van der Waals surface area contributed by atoms with E-state index < -0.39 is 12.1 Å². The first-order valence-corrected chi connectivity index (χ1v) is 9.34. The molecule has 2 saturated carbocycles. The average molecular weight is 369 g/mol. The first-order chi connectivity index (χ1) is 13.0. The van der Waals surface area contributed by atoms with Gasteiger partial charge in [0.2, 0.25) is 5.91 Å². The molecule has 3 N–H and O–H groups in total. The van der Waals surface area contributed by atoms with Gasteiger partial charge >= 0.3 is 6.09 Å². The molecular formula is C20H23N3O4. The number of carbonyl (C=O) groups excluding carboxylic acids is 1. The predicted octanol–water partition coefficient (Wildman–Crippen LogP) is 3.66. The number of hydrogen-bond donors (Lipinski definition) is 3. The van der Waals surface area contributed by atoms with Gasteiger partial charge in [0.1, 0.15) is 6.04 Å². The zero-order valence-corrected chi connectivity index (χ0v) is 15.1. The molecule has 4 rings (SSSR count). The molecule has 0 aliphatic heterocycles. The van der Waals surface area contributed by atoms with Crippen LogP contribution in [0.15, 0.2) is 35.1 Å². The van der Waals surface area contributed by atoms with E-state index in [0.29, 0.717) is 23.3 Å². The monoisotopic (exact) mass is 369 g/mol. The molecule has 2 aliphatic carbocycles. The van der Waals surface area contributed by atoms with E-state index >= 15 is 0 Å². The van der Waals surface area contributed by atoms with Crippen LogP contribution in [0.25, 0.3) is 11.3 Å². The third kappa shape index (κ3) is 3.97. The molecule has 1 heterocycles. The number of aryl methyl sites for hydroxylation is 1. The molecule has 7 heteroatoms. The van der Waals surface area contributed by atoms with Gasteiger partial charge < -0.3 is 20.2 Å². The smallest absolute Gasteiger partial charge is 0.405 e. The van der Waals surface area contributed by atoms with Gasteiger partial charge in [-0.15, -0.1) is 0 Å². The third-order valence-corrected chi connectivity index (χ3v) is 5.44. The summed E-state index contributed by atoms with van der Waals surface area (Å²) in [6.45, 7) is 1.87. The second kappa shape index (κ2) is 7.06. The zero-order valence-electron chi connectivity index (χ0n) is 15.1. The molecule has 2 fully saturated rings. The number of carboxylic acid groups (broad SMARTS) is 1. The average Bonchev–Trinajstić information content (AvgIpc) is 3.56. The number of amides is 2. The van der Waals surface area contributed by atoms with Gasteiger partial charge in [-0.2, -0.15) is 0 Å². The Labute approximate surface area is 157 Å². The van der Waals surface area contributed by atoms with Gasteiger partial charge in [-0.1, -0.05) is 0 Å². The maximum Gasteiger partial charge on any atom is 0.405 e. The molecule has 0 radical (unpaired) electrons. The number of anilines is 1. The molecule has 7 nitrogen and oxygen atoms in total. The maximum absolute atomic E-state index is 12.9. The van der Waals surface area contributed by atoms with E-state index in [1.807, 2.05) is 19.1 Å². The van der Waals surface area contributed by atoms with Gasteiger partial charge in [-0.3, -0.25) is 4.79 Å². The summed E-state index contributed by atoms with van der Waals surface area (Å²) in [5.41, 5.74) is 2.30. The van der Waals surface area contributed by atoms with E-state index in [9.17, 15) is 14.7 Å². The predicted molar refractivity (Wildman–Crippen MR) is 99.2 cm³/mol. The Morgan fingerprint density at radius 3 is 2.26 bits per heavy atom. The lowest BCUT2D eigenvalue weighted by Crippen LogP contribution is -2.49. The minimum atomic E-state index is -1.16. The molecule has 0 spiro atoms. The summed E-state index contributed by atoms with van der Waals surface area (Å²) in [5.74, 6) is 1.41. The highest BCUT2D eigenvalue weighted by molar-refractivity contribution is 5.97. The largest absolute Gasteiger partial charge is 0.465 e. The molecule has 1 atom stereocenters. The highest BCUT2D eigenvalue weighted by Crippen LogP contribution is 2.50. The van der Waals surface area contributed by atoms with Gasteiger partial charge in [0.25, 0.3) is 0 Å². The standard InChI is InChI=1S/C20H23N3O4/c1-11-18(27-10-21-11)14-6-8-15(9-7-14)22-19(24)17(23-20(25)26)16(12-2-3-12)13-4-5-13/h6-10,12-13,16-17,23H,2-5H2,1H3,(H,22,24)(H,25,26). The summed E-state index contributed by atoms with van der Waals surface area (Å²) >= 11 is 0. The molecule has 0 bridgehead atoms. The Hall–Kier alpha value is -2.83. The van der Waals surface area contributed by atoms with Crippen LogP contribution >= 0.6 is 0 Å². The van der Waals surface area contributed by atoms with Crippen molar-refractivity contribution in [3.63, 3.8) is 0 Å². The van der Waals surface area contributed by atoms with Crippen molar-refractivity contribution in [2.24, 2.45) is 17.8 Å². The van der Waals surface area contributed by atoms with Crippen molar-refractivity contribution in [1.82, 2.24) is 10.3 Å². The van der Waals surface area contributed by atoms with Gasteiger partial charge in [-0.05, 0) is 74.6 Å². The Morgan fingerprint density at radius 2 is 1.78 bits per heavy atom. The molecule has 27 heavy (non-hydrogen) atoms. The lowest BCUT2D eigenvalue weighted by Gasteiger charge is -2.26. The highest BCUT2D eigenvalue weighted by Gasteiger charge is 2.48. The SMILES string of the molecule is Cc1ncoc1-c1ccc(NC(=O)C(NC(=O)O)C(C2CC2)C2CC2)cc1. The lowest BCUT2D eigenvalue weighted by molar-refractivity contribution is -0.119. The lowest BCUT2D eigenvalue weighted by atomic mass is 9.88. The van der Waals surface area contributed by atoms with Crippen molar-refractivity contribution in [2.75, 3.05) is 5.32 Å². The van der Waals surface area contributed by atoms with Crippen molar-refractivity contribution in [2.45, 2.75) is 38.6 Å². The van der Waals surface area contributed by atoms with Gasteiger partial charge in [-0.25, -0.2) is 9.78 Å². The van der Waals surface area contributed by atoms with Crippen molar-refractivity contribution < 1.29 is 19.1 Å². The number of hydrogen-bond acceptors (Lipinski definition) is 4. The third-order valence-electron chi connectivity index (χ3n) is 5.44. The molecule has 1 aromatic carbocycles. The molecule has 2 amide bonds. The van der Waals surface area contributed by atoms with Gasteiger partial charge in [0.15, 0.2) is 12.2 Å². The van der Waals surface area contributed by atoms with E-state index in [2.05, 4.69) is 15.6 Å². The fourth-order valence-electron chi connectivity index (χ4n) is 3.86. The first kappa shape index (κ1) is 17.6. The Morgan fingerprint density at radius 1 is 1.15 bits per heavy atom. The fourth-order valence-corrected chi connectivity index (χ4v) is 3.86. The Kier molecular flexibility index (Phi) is 4.59. The van der Waals surface area contributed by atoms with E-state index in [1.54, 1.807) is 12.1 Å². The van der Waals surface area contributed by atoms with Crippen LogP contribution in [0.3, 0.4) is 0 Å². The molecule has 0 saturated heterocycles. The summed E-state index contributed by atoms with van der Waals surface area (Å²) in [7, 11) is 0. The van der Waals surface area contributed by atoms with Crippen molar-refractivity contribution in [3.05, 3.63) is 36.4 Å². The van der Waals surface area contributed by atoms with Crippen molar-refractivity contribution >= 4 is 17.7 Å². The van der Waals surface area contributed by atoms with Crippen LogP contribution in [0.4, 0.5) is 10.5 Å². The minimum Gasteiger partial charge on any atom is -0.465 e. The summed E-state index contributed by atoms with van der Waals surface area (Å²) in [6.07, 6.45) is 4.57. The topological polar surface area (TPSA) is 104 Å². The zero-order chi connectivity index (χ0) is 19.0. The van der Waals surface area contributed by atoms with Crippen LogP contribution in [-0.2, 0) is 4.79 Å². The van der Waals surface area contributed by atoms with Gasteiger partial charge in [0.05, 0.1) is 5.69 Å². The number of carbonyl (C=O) groups is 2. The van der Waals surface area contributed by atoms with Crippen LogP contribution < -0.4 is 10.6 Å². The molecule has 1 unspecified atom stereocenters. The van der Waals surface area contributed by atoms with Crippen LogP contribution in [0.1, 0.15) is 31.4 Å². The second-order valence-electron chi connectivity index (χ2n) is 7.51. The highest BCUT2D eigenvalue weighted by atomic mass is 16.4. The second-order valence-corrected chi connectivity index (χ2v) is 7.51. The van der Waals surface area contributed by atoms with E-state index in [0.717, 1.165) is 36.9 Å². The van der Waals surface area contributed by atoms with E-state index in [-0.39, 0.29) is 11.8 Å². The Bertz CT molecular complexity index is 825. The molecular weight excluding hydrogens is 346 g/mol. The van der Waals surface area contributed by atoms with Crippen LogP contribution in [-0.4, -0.2) is 28.1 Å². The number of nitrogens with one attached hydrogen (secondary N) is 2. The number of aromatic nitrogens is 1. The number of oxazole rings is 1. The molecule has 142 valence electrons. The quantitative estimate of drug-likeness (QED) is 0.691.